The van der Waals surface area contributed by atoms with Crippen LogP contribution in [0.25, 0.3) is 0 Å². The average Bonchev–Trinajstić information content (AvgIpc) is 2.14. The summed E-state index contributed by atoms with van der Waals surface area (Å²) in [6.07, 6.45) is 0.708. The molecule has 1 rings (SSSR count). The Morgan fingerprint density at radius 1 is 1.21 bits per heavy atom. The highest BCUT2D eigenvalue weighted by Gasteiger charge is 2.41. The van der Waals surface area contributed by atoms with E-state index in [9.17, 15) is 14.1 Å². The molecule has 7 heteroatoms. The van der Waals surface area contributed by atoms with Crippen molar-refractivity contribution in [3.63, 3.8) is 0 Å². The maximum absolute atomic E-state index is 9.85. The molecule has 0 bridgehead atoms. The first-order valence-corrected chi connectivity index (χ1v) is 6.29. The van der Waals surface area contributed by atoms with E-state index in [0.717, 1.165) is 6.04 Å². The third-order valence-corrected chi connectivity index (χ3v) is 2.64. The molecule has 0 aromatic rings. The van der Waals surface area contributed by atoms with Crippen LogP contribution < -0.4 is 4.90 Å². The number of nitrogens with one attached hydrogen (secondary N) is 1. The Hall–Kier alpha value is 0.172. The molecule has 0 aromatic heterocycles. The van der Waals surface area contributed by atoms with Crippen LogP contribution in [0.4, 0.5) is 14.1 Å². The largest absolute Gasteiger partial charge is 1.04 e. The van der Waals surface area contributed by atoms with E-state index in [0.29, 0.717) is 6.17 Å². The van der Waals surface area contributed by atoms with E-state index < -0.39 is 14.9 Å². The van der Waals surface area contributed by atoms with E-state index in [2.05, 4.69) is 32.8 Å². The third-order valence-electron chi connectivity index (χ3n) is 2.64. The van der Waals surface area contributed by atoms with Crippen LogP contribution in [0, 0.1) is 0 Å². The number of quaternary nitrogens is 1. The molecule has 14 heavy (non-hydrogen) atoms. The van der Waals surface area contributed by atoms with E-state index >= 15 is 0 Å². The highest BCUT2D eigenvalue weighted by atomic mass is 27.5. The van der Waals surface area contributed by atoms with E-state index in [1.807, 2.05) is 0 Å². The van der Waals surface area contributed by atoms with Gasteiger partial charge < -0.3 is 19.0 Å². The molecule has 3 atom stereocenters. The van der Waals surface area contributed by atoms with Crippen molar-refractivity contribution >= 4 is 14.9 Å². The monoisotopic (exact) mass is 232 g/mol. The van der Waals surface area contributed by atoms with Gasteiger partial charge in [0.15, 0.2) is 0 Å². The Balaban J connectivity index is 0.000000292. The van der Waals surface area contributed by atoms with Crippen LogP contribution in [0.3, 0.4) is 0 Å². The van der Waals surface area contributed by atoms with Gasteiger partial charge in [0, 0.05) is 6.92 Å². The Labute approximate surface area is 86.1 Å². The van der Waals surface area contributed by atoms with Crippen molar-refractivity contribution in [1.29, 1.82) is 0 Å². The van der Waals surface area contributed by atoms with Crippen LogP contribution >= 0.6 is 0 Å². The number of hydrogen-bond donors (Lipinski definition) is 1. The van der Waals surface area contributed by atoms with Gasteiger partial charge in [-0.15, -0.1) is 0 Å². The molecule has 2 nitrogen and oxygen atoms in total. The van der Waals surface area contributed by atoms with E-state index in [1.165, 1.54) is 6.54 Å². The van der Waals surface area contributed by atoms with Crippen LogP contribution in [0.1, 0.15) is 13.8 Å². The summed E-state index contributed by atoms with van der Waals surface area (Å²) in [5, 5.41) is 0. The summed E-state index contributed by atoms with van der Waals surface area (Å²) >= 11 is -6.83. The second-order valence-electron chi connectivity index (χ2n) is 3.74. The predicted octanol–water partition coefficient (Wildman–Crippen LogP) is 0.481. The molecule has 1 aliphatic rings. The van der Waals surface area contributed by atoms with Gasteiger partial charge in [-0.2, -0.15) is 0 Å². The van der Waals surface area contributed by atoms with Gasteiger partial charge in [-0.05, 0) is 14.0 Å². The van der Waals surface area contributed by atoms with E-state index in [-0.39, 0.29) is 0 Å². The highest BCUT2D eigenvalue weighted by molar-refractivity contribution is 6.50. The van der Waals surface area contributed by atoms with Crippen molar-refractivity contribution in [3.8, 4) is 0 Å². The normalized spacial score (nSPS) is 33.9. The average molecular weight is 232 g/mol. The number of nitrogens with zero attached hydrogens (tertiary/aromatic N) is 1. The summed E-state index contributed by atoms with van der Waals surface area (Å²) in [4.78, 5) is 4.06. The summed E-state index contributed by atoms with van der Waals surface area (Å²) in [6, 6.07) is 0.764. The highest BCUT2D eigenvalue weighted by Crippen LogP contribution is 2.06. The van der Waals surface area contributed by atoms with Crippen LogP contribution in [-0.4, -0.2) is 52.7 Å². The molecule has 1 fully saturated rings. The minimum Gasteiger partial charge on any atom is -0.510 e. The van der Waals surface area contributed by atoms with Crippen molar-refractivity contribution < 1.29 is 19.0 Å². The number of likely N-dealkylation sites (N-methyl/N-ethyl adjacent to an activating group) is 2. The zero-order chi connectivity index (χ0) is 11.5. The lowest BCUT2D eigenvalue weighted by molar-refractivity contribution is -0.896. The summed E-state index contributed by atoms with van der Waals surface area (Å²) in [6.45, 7) is 5.85. The fourth-order valence-electron chi connectivity index (χ4n) is 1.51. The summed E-state index contributed by atoms with van der Waals surface area (Å²) in [5.74, 6) is 0. The van der Waals surface area contributed by atoms with Crippen molar-refractivity contribution in [2.45, 2.75) is 26.1 Å². The molecular formula is C7H17AlF4N2. The Bertz CT molecular complexity index is 158. The molecule has 0 saturated carbocycles. The van der Waals surface area contributed by atoms with E-state index in [4.69, 9.17) is 0 Å². The second kappa shape index (κ2) is 5.31. The number of halogens is 4. The molecule has 0 radical (unpaired) electrons. The lowest BCUT2D eigenvalue weighted by Gasteiger charge is -2.17. The molecule has 3 unspecified atom stereocenters. The van der Waals surface area contributed by atoms with Crippen molar-refractivity contribution in [2.24, 2.45) is 0 Å². The lowest BCUT2D eigenvalue weighted by atomic mass is 10.3. The van der Waals surface area contributed by atoms with Gasteiger partial charge in [-0.1, -0.05) is 0 Å². The standard InChI is InChI=1S/C7H16N2.Al.4FH/c1-6-5-8(3)7(2)9(6)4;;;;;/h6-7H,5H2,1-4H3;;4*1H/q;+3;;;;/p-3. The zero-order valence-corrected chi connectivity index (χ0v) is 10.1. The van der Waals surface area contributed by atoms with Gasteiger partial charge in [0.2, 0.25) is 0 Å². The molecule has 1 N–H and O–H groups in total. The molecule has 0 amide bonds. The van der Waals surface area contributed by atoms with Crippen LogP contribution in [0.15, 0.2) is 0 Å². The molecule has 0 aromatic carbocycles. The topological polar surface area (TPSA) is 7.68 Å². The maximum atomic E-state index is 9.85. The van der Waals surface area contributed by atoms with Gasteiger partial charge in [0.1, 0.15) is 6.17 Å². The maximum Gasteiger partial charge on any atom is 1.04 e. The Kier molecular flexibility index (Phi) is 5.38. The number of rotatable bonds is 0. The first kappa shape index (κ1) is 14.2. The fraction of sp³-hybridized carbons (Fsp3) is 1.00. The van der Waals surface area contributed by atoms with Gasteiger partial charge in [0.05, 0.1) is 19.6 Å². The molecule has 0 spiro atoms. The van der Waals surface area contributed by atoms with Crippen molar-refractivity contribution in [2.75, 3.05) is 20.6 Å². The predicted molar refractivity (Wildman–Crippen MR) is 48.6 cm³/mol. The SMILES string of the molecule is CC1C[NH+](C)C(C)N1C.[F][Al-]([F])([F])[F]. The van der Waals surface area contributed by atoms with Crippen molar-refractivity contribution in [3.05, 3.63) is 0 Å². The first-order chi connectivity index (χ1) is 6.13. The van der Waals surface area contributed by atoms with Crippen molar-refractivity contribution in [1.82, 2.24) is 4.90 Å². The second-order valence-corrected chi connectivity index (χ2v) is 4.73. The zero-order valence-electron chi connectivity index (χ0n) is 8.90. The Morgan fingerprint density at radius 3 is 1.64 bits per heavy atom. The summed E-state index contributed by atoms with van der Waals surface area (Å²) in [5.41, 5.74) is 0. The smallest absolute Gasteiger partial charge is 0.510 e. The summed E-state index contributed by atoms with van der Waals surface area (Å²) < 4.78 is 39.4. The van der Waals surface area contributed by atoms with E-state index in [1.54, 1.807) is 4.90 Å². The lowest BCUT2D eigenvalue weighted by Crippen LogP contribution is -3.11. The van der Waals surface area contributed by atoms with Gasteiger partial charge >= 0.3 is 14.9 Å². The van der Waals surface area contributed by atoms with Gasteiger partial charge in [0.25, 0.3) is 0 Å². The molecule has 1 heterocycles. The molecule has 86 valence electrons. The summed E-state index contributed by atoms with van der Waals surface area (Å²) in [7, 11) is 4.45. The number of hydrogen-bond acceptors (Lipinski definition) is 1. The molecule has 1 aliphatic heterocycles. The van der Waals surface area contributed by atoms with Crippen LogP contribution in [-0.2, 0) is 0 Å². The third kappa shape index (κ3) is 5.81. The van der Waals surface area contributed by atoms with Gasteiger partial charge in [-0.3, -0.25) is 0 Å². The quantitative estimate of drug-likeness (QED) is 0.471. The Morgan fingerprint density at radius 2 is 1.57 bits per heavy atom. The van der Waals surface area contributed by atoms with Gasteiger partial charge in [-0.25, -0.2) is 4.90 Å². The van der Waals surface area contributed by atoms with Crippen LogP contribution in [0.2, 0.25) is 0 Å². The molecule has 1 saturated heterocycles. The first-order valence-electron chi connectivity index (χ1n) is 4.54. The minimum absolute atomic E-state index is 0.708. The molecule has 0 aliphatic carbocycles. The fourth-order valence-corrected chi connectivity index (χ4v) is 1.51. The molecular weight excluding hydrogens is 215 g/mol. The minimum atomic E-state index is -6.83. The van der Waals surface area contributed by atoms with Crippen LogP contribution in [0.5, 0.6) is 0 Å².